The summed E-state index contributed by atoms with van der Waals surface area (Å²) in [7, 11) is 3.16. The van der Waals surface area contributed by atoms with Gasteiger partial charge in [-0.05, 0) is 56.2 Å². The molecule has 0 radical (unpaired) electrons. The predicted molar refractivity (Wildman–Crippen MR) is 146 cm³/mol. The van der Waals surface area contributed by atoms with Gasteiger partial charge in [0.05, 0.1) is 32.8 Å². The number of methoxy groups -OCH3 is 2. The minimum Gasteiger partial charge on any atom is -0.497 e. The molecule has 9 nitrogen and oxygen atoms in total. The molecular formula is C30H36N2O7. The average Bonchev–Trinajstić information content (AvgIpc) is 3.32. The summed E-state index contributed by atoms with van der Waals surface area (Å²) in [5.41, 5.74) is 2.84. The number of ether oxygens (including phenoxy) is 3. The fourth-order valence-electron chi connectivity index (χ4n) is 5.25. The van der Waals surface area contributed by atoms with Crippen LogP contribution in [-0.2, 0) is 16.0 Å². The van der Waals surface area contributed by atoms with Gasteiger partial charge in [-0.1, -0.05) is 23.8 Å². The maximum Gasteiger partial charge on any atom is 0.247 e. The van der Waals surface area contributed by atoms with E-state index in [1.165, 1.54) is 6.08 Å². The third kappa shape index (κ3) is 5.94. The number of para-hydroxylation sites is 1. The van der Waals surface area contributed by atoms with Crippen molar-refractivity contribution in [3.05, 3.63) is 76.9 Å². The van der Waals surface area contributed by atoms with E-state index in [0.717, 1.165) is 16.7 Å². The number of hydrogen-bond acceptors (Lipinski definition) is 7. The van der Waals surface area contributed by atoms with Gasteiger partial charge in [0.1, 0.15) is 29.5 Å². The Morgan fingerprint density at radius 2 is 1.90 bits per heavy atom. The molecule has 4 atom stereocenters. The van der Waals surface area contributed by atoms with Gasteiger partial charge in [-0.2, -0.15) is 0 Å². The zero-order chi connectivity index (χ0) is 28.1. The molecule has 208 valence electrons. The van der Waals surface area contributed by atoms with Gasteiger partial charge in [-0.25, -0.2) is 0 Å². The number of amides is 2. The minimum atomic E-state index is -1.10. The lowest BCUT2D eigenvalue weighted by Gasteiger charge is -2.40. The van der Waals surface area contributed by atoms with Crippen LogP contribution in [0, 0.1) is 0 Å². The van der Waals surface area contributed by atoms with E-state index in [9.17, 15) is 19.8 Å². The highest BCUT2D eigenvalue weighted by Gasteiger charge is 2.50. The lowest BCUT2D eigenvalue weighted by atomic mass is 9.77. The second kappa shape index (κ2) is 12.4. The van der Waals surface area contributed by atoms with Crippen molar-refractivity contribution in [3.63, 3.8) is 0 Å². The Labute approximate surface area is 228 Å². The molecule has 1 aliphatic heterocycles. The van der Waals surface area contributed by atoms with Crippen LogP contribution in [-0.4, -0.2) is 79.1 Å². The number of aliphatic hydroxyl groups excluding tert-OH is 2. The van der Waals surface area contributed by atoms with Crippen molar-refractivity contribution in [1.29, 1.82) is 0 Å². The molecule has 1 aliphatic carbocycles. The zero-order valence-corrected chi connectivity index (χ0v) is 22.7. The van der Waals surface area contributed by atoms with Crippen LogP contribution in [0.5, 0.6) is 17.2 Å². The molecule has 0 unspecified atom stereocenters. The number of aliphatic hydroxyl groups is 2. The number of carbonyl (C=O) groups is 2. The van der Waals surface area contributed by atoms with Gasteiger partial charge in [0.2, 0.25) is 11.8 Å². The van der Waals surface area contributed by atoms with Gasteiger partial charge >= 0.3 is 0 Å². The van der Waals surface area contributed by atoms with Crippen LogP contribution in [0.4, 0.5) is 0 Å². The highest BCUT2D eigenvalue weighted by atomic mass is 16.5. The van der Waals surface area contributed by atoms with Crippen LogP contribution in [0.2, 0.25) is 0 Å². The van der Waals surface area contributed by atoms with Gasteiger partial charge in [-0.15, -0.1) is 0 Å². The second-order valence-corrected chi connectivity index (χ2v) is 9.86. The average molecular weight is 537 g/mol. The molecular weight excluding hydrogens is 500 g/mol. The molecule has 0 spiro atoms. The van der Waals surface area contributed by atoms with Gasteiger partial charge in [-0.3, -0.25) is 9.59 Å². The van der Waals surface area contributed by atoms with Gasteiger partial charge in [0, 0.05) is 30.3 Å². The first-order chi connectivity index (χ1) is 18.8. The molecule has 0 aromatic heterocycles. The van der Waals surface area contributed by atoms with Crippen LogP contribution in [0.15, 0.2) is 65.8 Å². The van der Waals surface area contributed by atoms with Crippen LogP contribution >= 0.6 is 0 Å². The number of fused-ring (bicyclic) bond motifs is 3. The van der Waals surface area contributed by atoms with Gasteiger partial charge in [0.15, 0.2) is 0 Å². The van der Waals surface area contributed by atoms with Gasteiger partial charge < -0.3 is 34.6 Å². The minimum absolute atomic E-state index is 0.0827. The first-order valence-electron chi connectivity index (χ1n) is 13.0. The lowest BCUT2D eigenvalue weighted by molar-refractivity contribution is -0.132. The Hall–Kier alpha value is -3.82. The highest BCUT2D eigenvalue weighted by Crippen LogP contribution is 2.47. The van der Waals surface area contributed by atoms with Crippen molar-refractivity contribution >= 4 is 11.8 Å². The van der Waals surface area contributed by atoms with Gasteiger partial charge in [0.25, 0.3) is 0 Å². The number of hydrogen-bond donors (Lipinski definition) is 3. The maximum atomic E-state index is 13.5. The molecule has 39 heavy (non-hydrogen) atoms. The number of allylic oxidation sites excluding steroid dienone is 1. The predicted octanol–water partition coefficient (Wildman–Crippen LogP) is 2.36. The van der Waals surface area contributed by atoms with Crippen LogP contribution in [0.25, 0.3) is 0 Å². The quantitative estimate of drug-likeness (QED) is 0.399. The smallest absolute Gasteiger partial charge is 0.247 e. The van der Waals surface area contributed by atoms with Crippen molar-refractivity contribution < 1.29 is 34.0 Å². The fraction of sp³-hybridized carbons (Fsp3) is 0.400. The van der Waals surface area contributed by atoms with Crippen LogP contribution < -0.4 is 19.5 Å². The van der Waals surface area contributed by atoms with E-state index in [2.05, 4.69) is 5.32 Å². The molecule has 3 N–H and O–H groups in total. The van der Waals surface area contributed by atoms with E-state index in [1.54, 1.807) is 37.3 Å². The number of carbonyl (C=O) groups excluding carboxylic acids is 2. The first kappa shape index (κ1) is 28.2. The molecule has 2 aromatic carbocycles. The van der Waals surface area contributed by atoms with Crippen LogP contribution in [0.3, 0.4) is 0 Å². The zero-order valence-electron chi connectivity index (χ0n) is 22.7. The van der Waals surface area contributed by atoms with Crippen LogP contribution in [0.1, 0.15) is 30.9 Å². The Kier molecular flexibility index (Phi) is 8.93. The maximum absolute atomic E-state index is 13.5. The van der Waals surface area contributed by atoms with E-state index < -0.39 is 24.2 Å². The largest absolute Gasteiger partial charge is 0.497 e. The lowest BCUT2D eigenvalue weighted by Crippen LogP contribution is -2.56. The molecule has 2 amide bonds. The molecule has 0 saturated carbocycles. The van der Waals surface area contributed by atoms with Crippen molar-refractivity contribution in [2.45, 2.75) is 44.4 Å². The Morgan fingerprint density at radius 1 is 1.13 bits per heavy atom. The summed E-state index contributed by atoms with van der Waals surface area (Å²) in [5, 5.41) is 23.6. The van der Waals surface area contributed by atoms with E-state index >= 15 is 0 Å². The Balaban J connectivity index is 1.74. The number of nitrogens with one attached hydrogen (secondary N) is 1. The van der Waals surface area contributed by atoms with Crippen molar-refractivity contribution in [2.75, 3.05) is 33.9 Å². The third-order valence-corrected chi connectivity index (χ3v) is 7.04. The summed E-state index contributed by atoms with van der Waals surface area (Å²) in [5.74, 6) is 0.736. The van der Waals surface area contributed by atoms with E-state index in [1.807, 2.05) is 44.2 Å². The Morgan fingerprint density at radius 3 is 2.59 bits per heavy atom. The fourth-order valence-corrected chi connectivity index (χ4v) is 5.25. The summed E-state index contributed by atoms with van der Waals surface area (Å²) < 4.78 is 17.1. The van der Waals surface area contributed by atoms with E-state index in [0.29, 0.717) is 29.2 Å². The molecule has 4 rings (SSSR count). The second-order valence-electron chi connectivity index (χ2n) is 9.86. The topological polar surface area (TPSA) is 118 Å². The molecule has 0 fully saturated rings. The normalized spacial score (nSPS) is 21.0. The van der Waals surface area contributed by atoms with E-state index in [-0.39, 0.29) is 31.5 Å². The third-order valence-electron chi connectivity index (χ3n) is 7.04. The molecule has 2 aromatic rings. The molecule has 1 heterocycles. The summed E-state index contributed by atoms with van der Waals surface area (Å²) >= 11 is 0. The number of rotatable bonds is 10. The standard InChI is InChI=1S/C30H36N2O7/c1-18(2)15-26(34)32(13-11-19-16-20(37-3)9-10-24(19)38-4)23-17-22(30(36)31-12-14-33)27-21-7-5-6-8-25(21)39-29(27)28(23)35/h5-10,15-17,23,27-29,33,35H,11-14H2,1-4H3,(H,31,36)/t23-,27+,28+,29+/m1/s1. The van der Waals surface area contributed by atoms with Crippen molar-refractivity contribution in [2.24, 2.45) is 0 Å². The summed E-state index contributed by atoms with van der Waals surface area (Å²) in [6.07, 6.45) is 1.74. The Bertz CT molecular complexity index is 1270. The van der Waals surface area contributed by atoms with Crippen molar-refractivity contribution in [3.8, 4) is 17.2 Å². The summed E-state index contributed by atoms with van der Waals surface area (Å²) in [4.78, 5) is 28.4. The monoisotopic (exact) mass is 536 g/mol. The first-order valence-corrected chi connectivity index (χ1v) is 13.0. The summed E-state index contributed by atoms with van der Waals surface area (Å²) in [6, 6.07) is 12.0. The van der Waals surface area contributed by atoms with E-state index in [4.69, 9.17) is 14.2 Å². The number of nitrogens with zero attached hydrogens (tertiary/aromatic N) is 1. The molecule has 0 bridgehead atoms. The molecule has 2 aliphatic rings. The molecule has 0 saturated heterocycles. The summed E-state index contributed by atoms with van der Waals surface area (Å²) in [6.45, 7) is 3.77. The SMILES string of the molecule is COc1ccc(OC)c(CCN(C(=O)C=C(C)C)[C@@H]2C=C(C(=O)NCCO)[C@@H]3c4ccccc4O[C@@H]3[C@H]2O)c1. The molecule has 9 heteroatoms. The number of benzene rings is 2. The highest BCUT2D eigenvalue weighted by molar-refractivity contribution is 5.96. The van der Waals surface area contributed by atoms with Crippen molar-refractivity contribution in [1.82, 2.24) is 10.2 Å².